The van der Waals surface area contributed by atoms with Crippen LogP contribution in [0.3, 0.4) is 0 Å². The van der Waals surface area contributed by atoms with Crippen LogP contribution in [-0.2, 0) is 16.6 Å². The number of furan rings is 1. The zero-order valence-corrected chi connectivity index (χ0v) is 13.9. The fourth-order valence-corrected chi connectivity index (χ4v) is 2.92. The summed E-state index contributed by atoms with van der Waals surface area (Å²) in [6, 6.07) is 9.34. The molecule has 2 aromatic rings. The van der Waals surface area contributed by atoms with Gasteiger partial charge in [0.05, 0.1) is 17.7 Å². The summed E-state index contributed by atoms with van der Waals surface area (Å²) in [6.07, 6.45) is 2.28. The van der Waals surface area contributed by atoms with Gasteiger partial charge in [0.25, 0.3) is 5.91 Å². The second kappa shape index (κ2) is 7.43. The number of carbonyl (C=O) groups is 1. The van der Waals surface area contributed by atoms with E-state index >= 15 is 0 Å². The monoisotopic (exact) mass is 336 g/mol. The quantitative estimate of drug-likeness (QED) is 0.812. The van der Waals surface area contributed by atoms with Crippen molar-refractivity contribution in [2.45, 2.75) is 37.8 Å². The van der Waals surface area contributed by atoms with Crippen LogP contribution in [0.5, 0.6) is 0 Å². The van der Waals surface area contributed by atoms with Gasteiger partial charge in [0.1, 0.15) is 5.76 Å². The summed E-state index contributed by atoms with van der Waals surface area (Å²) < 4.78 is 32.1. The van der Waals surface area contributed by atoms with Gasteiger partial charge in [-0.25, -0.2) is 13.1 Å². The molecular formula is C16H20N2O4S. The number of hydrogen-bond donors (Lipinski definition) is 2. The zero-order valence-electron chi connectivity index (χ0n) is 13.1. The number of carbonyl (C=O) groups excluding carboxylic acids is 1. The standard InChI is InChI=1S/C16H20N2O4S/c1-3-12(2)18-16(19)13-6-4-8-15(10-13)23(20,21)17-11-14-7-5-9-22-14/h4-10,12,17H,3,11H2,1-2H3,(H,18,19)/t12-/m1/s1. The Morgan fingerprint density at radius 3 is 2.70 bits per heavy atom. The number of nitrogens with one attached hydrogen (secondary N) is 2. The highest BCUT2D eigenvalue weighted by Gasteiger charge is 2.17. The third kappa shape index (κ3) is 4.67. The van der Waals surface area contributed by atoms with E-state index in [0.717, 1.165) is 6.42 Å². The first-order valence-corrected chi connectivity index (χ1v) is 8.83. The van der Waals surface area contributed by atoms with Crippen molar-refractivity contribution in [2.24, 2.45) is 0 Å². The molecule has 0 saturated heterocycles. The number of hydrogen-bond acceptors (Lipinski definition) is 4. The minimum atomic E-state index is -3.72. The van der Waals surface area contributed by atoms with Crippen LogP contribution in [0.1, 0.15) is 36.4 Å². The first-order valence-electron chi connectivity index (χ1n) is 7.35. The molecule has 0 fully saturated rings. The minimum Gasteiger partial charge on any atom is -0.468 e. The van der Waals surface area contributed by atoms with Crippen LogP contribution < -0.4 is 10.0 Å². The Morgan fingerprint density at radius 2 is 2.04 bits per heavy atom. The predicted molar refractivity (Wildman–Crippen MR) is 86.4 cm³/mol. The largest absolute Gasteiger partial charge is 0.468 e. The molecule has 1 amide bonds. The molecule has 1 aromatic carbocycles. The number of sulfonamides is 1. The lowest BCUT2D eigenvalue weighted by Crippen LogP contribution is -2.32. The Morgan fingerprint density at radius 1 is 1.26 bits per heavy atom. The molecule has 0 aliphatic heterocycles. The van der Waals surface area contributed by atoms with Gasteiger partial charge in [0, 0.05) is 11.6 Å². The molecule has 23 heavy (non-hydrogen) atoms. The van der Waals surface area contributed by atoms with Gasteiger partial charge in [0.2, 0.25) is 10.0 Å². The highest BCUT2D eigenvalue weighted by atomic mass is 32.2. The molecule has 6 nitrogen and oxygen atoms in total. The number of benzene rings is 1. The molecule has 0 aliphatic carbocycles. The van der Waals surface area contributed by atoms with Crippen LogP contribution >= 0.6 is 0 Å². The Bertz CT molecular complexity index is 754. The van der Waals surface area contributed by atoms with Gasteiger partial charge in [0.15, 0.2) is 0 Å². The second-order valence-corrected chi connectivity index (χ2v) is 6.98. The van der Waals surface area contributed by atoms with Gasteiger partial charge >= 0.3 is 0 Å². The predicted octanol–water partition coefficient (Wildman–Crippen LogP) is 2.29. The SMILES string of the molecule is CC[C@@H](C)NC(=O)c1cccc(S(=O)(=O)NCc2ccco2)c1. The van der Waals surface area contributed by atoms with E-state index in [1.807, 2.05) is 13.8 Å². The first-order chi connectivity index (χ1) is 10.9. The highest BCUT2D eigenvalue weighted by Crippen LogP contribution is 2.13. The van der Waals surface area contributed by atoms with Crippen molar-refractivity contribution in [3.63, 3.8) is 0 Å². The molecule has 0 unspecified atom stereocenters. The summed E-state index contributed by atoms with van der Waals surface area (Å²) in [7, 11) is -3.72. The van der Waals surface area contributed by atoms with Crippen molar-refractivity contribution in [1.29, 1.82) is 0 Å². The molecular weight excluding hydrogens is 316 g/mol. The first kappa shape index (κ1) is 17.2. The third-order valence-electron chi connectivity index (χ3n) is 3.41. The van der Waals surface area contributed by atoms with E-state index in [1.54, 1.807) is 24.3 Å². The Balaban J connectivity index is 2.13. The van der Waals surface area contributed by atoms with Crippen molar-refractivity contribution in [3.05, 3.63) is 54.0 Å². The van der Waals surface area contributed by atoms with E-state index in [9.17, 15) is 13.2 Å². The van der Waals surface area contributed by atoms with Crippen molar-refractivity contribution >= 4 is 15.9 Å². The zero-order chi connectivity index (χ0) is 16.9. The second-order valence-electron chi connectivity index (χ2n) is 5.21. The number of amides is 1. The van der Waals surface area contributed by atoms with Crippen molar-refractivity contribution in [3.8, 4) is 0 Å². The van der Waals surface area contributed by atoms with Crippen LogP contribution in [0.25, 0.3) is 0 Å². The number of rotatable bonds is 7. The van der Waals surface area contributed by atoms with E-state index in [4.69, 9.17) is 4.42 Å². The fraction of sp³-hybridized carbons (Fsp3) is 0.312. The molecule has 2 N–H and O–H groups in total. The van der Waals surface area contributed by atoms with Crippen LogP contribution in [0.4, 0.5) is 0 Å². The molecule has 0 radical (unpaired) electrons. The lowest BCUT2D eigenvalue weighted by Gasteiger charge is -2.12. The molecule has 0 spiro atoms. The van der Waals surface area contributed by atoms with Gasteiger partial charge in [-0.2, -0.15) is 0 Å². The van der Waals surface area contributed by atoms with E-state index in [1.165, 1.54) is 18.4 Å². The lowest BCUT2D eigenvalue weighted by molar-refractivity contribution is 0.0939. The van der Waals surface area contributed by atoms with Gasteiger partial charge in [-0.1, -0.05) is 13.0 Å². The van der Waals surface area contributed by atoms with E-state index in [2.05, 4.69) is 10.0 Å². The molecule has 1 heterocycles. The molecule has 0 bridgehead atoms. The van der Waals surface area contributed by atoms with E-state index < -0.39 is 10.0 Å². The summed E-state index contributed by atoms with van der Waals surface area (Å²) in [4.78, 5) is 12.1. The fourth-order valence-electron chi connectivity index (χ4n) is 1.88. The summed E-state index contributed by atoms with van der Waals surface area (Å²) in [6.45, 7) is 3.91. The lowest BCUT2D eigenvalue weighted by atomic mass is 10.2. The van der Waals surface area contributed by atoms with E-state index in [-0.39, 0.29) is 23.4 Å². The van der Waals surface area contributed by atoms with Crippen molar-refractivity contribution in [2.75, 3.05) is 0 Å². The summed E-state index contributed by atoms with van der Waals surface area (Å²) >= 11 is 0. The summed E-state index contributed by atoms with van der Waals surface area (Å²) in [5.41, 5.74) is 0.311. The molecule has 0 aliphatic rings. The molecule has 2 rings (SSSR count). The van der Waals surface area contributed by atoms with Gasteiger partial charge in [-0.05, 0) is 43.7 Å². The topological polar surface area (TPSA) is 88.4 Å². The Labute approximate surface area is 135 Å². The average Bonchev–Trinajstić information content (AvgIpc) is 3.06. The van der Waals surface area contributed by atoms with Crippen LogP contribution in [-0.4, -0.2) is 20.4 Å². The van der Waals surface area contributed by atoms with E-state index in [0.29, 0.717) is 11.3 Å². The highest BCUT2D eigenvalue weighted by molar-refractivity contribution is 7.89. The molecule has 7 heteroatoms. The Kier molecular flexibility index (Phi) is 5.57. The van der Waals surface area contributed by atoms with Crippen LogP contribution in [0.2, 0.25) is 0 Å². The van der Waals surface area contributed by atoms with Crippen LogP contribution in [0.15, 0.2) is 52.0 Å². The van der Waals surface area contributed by atoms with Crippen molar-refractivity contribution in [1.82, 2.24) is 10.0 Å². The minimum absolute atomic E-state index is 0.0276. The molecule has 124 valence electrons. The summed E-state index contributed by atoms with van der Waals surface area (Å²) in [5.74, 6) is 0.224. The maximum absolute atomic E-state index is 12.3. The van der Waals surface area contributed by atoms with Gasteiger partial charge < -0.3 is 9.73 Å². The molecule has 0 saturated carbocycles. The summed E-state index contributed by atoms with van der Waals surface area (Å²) in [5, 5.41) is 2.81. The van der Waals surface area contributed by atoms with Gasteiger partial charge in [-0.15, -0.1) is 0 Å². The smallest absolute Gasteiger partial charge is 0.251 e. The maximum Gasteiger partial charge on any atom is 0.251 e. The van der Waals surface area contributed by atoms with Gasteiger partial charge in [-0.3, -0.25) is 4.79 Å². The Hall–Kier alpha value is -2.12. The maximum atomic E-state index is 12.3. The normalized spacial score (nSPS) is 12.8. The average molecular weight is 336 g/mol. The third-order valence-corrected chi connectivity index (χ3v) is 4.81. The van der Waals surface area contributed by atoms with Crippen molar-refractivity contribution < 1.29 is 17.6 Å². The molecule has 1 aromatic heterocycles. The molecule has 1 atom stereocenters. The van der Waals surface area contributed by atoms with Crippen LogP contribution in [0, 0.1) is 0 Å².